The predicted octanol–water partition coefficient (Wildman–Crippen LogP) is 3.43. The molecule has 1 aliphatic rings. The van der Waals surface area contributed by atoms with Crippen molar-refractivity contribution in [3.05, 3.63) is 64.2 Å². The van der Waals surface area contributed by atoms with Gasteiger partial charge < -0.3 is 4.74 Å². The summed E-state index contributed by atoms with van der Waals surface area (Å²) in [7, 11) is 0. The number of hydrogen-bond acceptors (Lipinski definition) is 2. The summed E-state index contributed by atoms with van der Waals surface area (Å²) in [6.07, 6.45) is 0.755. The second kappa shape index (κ2) is 3.98. The number of benzene rings is 2. The molecular weight excluding hydrogens is 224 g/mol. The Hall–Kier alpha value is -2.09. The predicted molar refractivity (Wildman–Crippen MR) is 70.1 cm³/mol. The molecule has 0 radical (unpaired) electrons. The number of para-hydroxylation sites is 1. The Balaban J connectivity index is 2.26. The highest BCUT2D eigenvalue weighted by Gasteiger charge is 2.23. The largest absolute Gasteiger partial charge is 0.423 e. The standard InChI is InChI=1S/C16H14O2/c1-10-7-8-11(2)15-13(10)9-12-5-3-4-6-14(12)18-16(15)17/h3-8H,9H2,1-2H3. The SMILES string of the molecule is Cc1ccc(C)c2c1Cc1ccccc1OC2=O. The van der Waals surface area contributed by atoms with Gasteiger partial charge in [0.05, 0.1) is 5.56 Å². The van der Waals surface area contributed by atoms with Crippen LogP contribution in [0.3, 0.4) is 0 Å². The molecule has 2 aromatic rings. The van der Waals surface area contributed by atoms with Crippen molar-refractivity contribution >= 4 is 5.97 Å². The van der Waals surface area contributed by atoms with E-state index in [0.29, 0.717) is 5.75 Å². The van der Waals surface area contributed by atoms with Crippen molar-refractivity contribution in [2.45, 2.75) is 20.3 Å². The third kappa shape index (κ3) is 1.61. The van der Waals surface area contributed by atoms with Crippen LogP contribution in [0.4, 0.5) is 0 Å². The van der Waals surface area contributed by atoms with Crippen molar-refractivity contribution in [2.75, 3.05) is 0 Å². The zero-order chi connectivity index (χ0) is 12.7. The number of hydrogen-bond donors (Lipinski definition) is 0. The summed E-state index contributed by atoms with van der Waals surface area (Å²) in [4.78, 5) is 12.2. The third-order valence-electron chi connectivity index (χ3n) is 3.50. The number of fused-ring (bicyclic) bond motifs is 2. The Labute approximate surface area is 106 Å². The molecule has 2 nitrogen and oxygen atoms in total. The average molecular weight is 238 g/mol. The van der Waals surface area contributed by atoms with Crippen LogP contribution in [0.1, 0.15) is 32.6 Å². The second-order valence-electron chi connectivity index (χ2n) is 4.73. The van der Waals surface area contributed by atoms with Gasteiger partial charge in [0, 0.05) is 6.42 Å². The molecule has 0 amide bonds. The lowest BCUT2D eigenvalue weighted by molar-refractivity contribution is 0.0735. The number of ether oxygens (including phenoxy) is 1. The lowest BCUT2D eigenvalue weighted by Crippen LogP contribution is -2.11. The first-order valence-electron chi connectivity index (χ1n) is 6.06. The highest BCUT2D eigenvalue weighted by Crippen LogP contribution is 2.31. The maximum atomic E-state index is 12.2. The Morgan fingerprint density at radius 2 is 1.72 bits per heavy atom. The van der Waals surface area contributed by atoms with E-state index in [1.54, 1.807) is 0 Å². The van der Waals surface area contributed by atoms with Crippen LogP contribution in [-0.2, 0) is 6.42 Å². The van der Waals surface area contributed by atoms with Crippen LogP contribution in [0.15, 0.2) is 36.4 Å². The lowest BCUT2D eigenvalue weighted by atomic mass is 9.93. The van der Waals surface area contributed by atoms with Gasteiger partial charge in [0.15, 0.2) is 0 Å². The number of carbonyl (C=O) groups excluding carboxylic acids is 1. The van der Waals surface area contributed by atoms with Crippen molar-refractivity contribution in [3.8, 4) is 5.75 Å². The molecule has 2 aromatic carbocycles. The Morgan fingerprint density at radius 3 is 2.56 bits per heavy atom. The first kappa shape index (κ1) is 11.0. The Morgan fingerprint density at radius 1 is 1.00 bits per heavy atom. The zero-order valence-electron chi connectivity index (χ0n) is 10.5. The van der Waals surface area contributed by atoms with Gasteiger partial charge in [-0.15, -0.1) is 0 Å². The molecule has 0 N–H and O–H groups in total. The fraction of sp³-hybridized carbons (Fsp3) is 0.188. The van der Waals surface area contributed by atoms with E-state index < -0.39 is 0 Å². The van der Waals surface area contributed by atoms with Crippen LogP contribution in [0, 0.1) is 13.8 Å². The van der Waals surface area contributed by atoms with Gasteiger partial charge in [-0.1, -0.05) is 30.3 Å². The van der Waals surface area contributed by atoms with E-state index >= 15 is 0 Å². The van der Waals surface area contributed by atoms with E-state index in [-0.39, 0.29) is 5.97 Å². The maximum absolute atomic E-state index is 12.2. The summed E-state index contributed by atoms with van der Waals surface area (Å²) in [5.41, 5.74) is 5.01. The van der Waals surface area contributed by atoms with Gasteiger partial charge in [-0.05, 0) is 42.2 Å². The Bertz CT molecular complexity index is 642. The van der Waals surface area contributed by atoms with Crippen molar-refractivity contribution < 1.29 is 9.53 Å². The number of carbonyl (C=O) groups is 1. The van der Waals surface area contributed by atoms with E-state index in [9.17, 15) is 4.79 Å². The first-order valence-corrected chi connectivity index (χ1v) is 6.06. The molecule has 0 atom stereocenters. The molecule has 0 aliphatic carbocycles. The minimum absolute atomic E-state index is 0.240. The molecule has 90 valence electrons. The molecule has 0 aromatic heterocycles. The molecule has 0 fully saturated rings. The summed E-state index contributed by atoms with van der Waals surface area (Å²) in [6.45, 7) is 4.00. The summed E-state index contributed by atoms with van der Waals surface area (Å²) >= 11 is 0. The van der Waals surface area contributed by atoms with Crippen LogP contribution in [0.25, 0.3) is 0 Å². The highest BCUT2D eigenvalue weighted by molar-refractivity contribution is 5.95. The summed E-state index contributed by atoms with van der Waals surface area (Å²) < 4.78 is 5.48. The van der Waals surface area contributed by atoms with Gasteiger partial charge in [0.2, 0.25) is 0 Å². The molecule has 0 spiro atoms. The zero-order valence-corrected chi connectivity index (χ0v) is 10.5. The molecular formula is C16H14O2. The van der Waals surface area contributed by atoms with E-state index in [0.717, 1.165) is 34.2 Å². The van der Waals surface area contributed by atoms with Gasteiger partial charge in [-0.3, -0.25) is 0 Å². The molecule has 0 saturated carbocycles. The lowest BCUT2D eigenvalue weighted by Gasteiger charge is -2.10. The molecule has 0 saturated heterocycles. The molecule has 0 bridgehead atoms. The van der Waals surface area contributed by atoms with Gasteiger partial charge in [-0.25, -0.2) is 4.79 Å². The fourth-order valence-electron chi connectivity index (χ4n) is 2.47. The molecule has 3 rings (SSSR count). The molecule has 0 unspecified atom stereocenters. The maximum Gasteiger partial charge on any atom is 0.344 e. The fourth-order valence-corrected chi connectivity index (χ4v) is 2.47. The number of esters is 1. The molecule has 1 heterocycles. The minimum atomic E-state index is -0.240. The van der Waals surface area contributed by atoms with Gasteiger partial charge in [-0.2, -0.15) is 0 Å². The molecule has 2 heteroatoms. The second-order valence-corrected chi connectivity index (χ2v) is 4.73. The van der Waals surface area contributed by atoms with Crippen LogP contribution in [-0.4, -0.2) is 5.97 Å². The Kier molecular flexibility index (Phi) is 2.44. The quantitative estimate of drug-likeness (QED) is 0.519. The summed E-state index contributed by atoms with van der Waals surface area (Å²) in [6, 6.07) is 11.8. The molecule has 18 heavy (non-hydrogen) atoms. The average Bonchev–Trinajstić information content (AvgIpc) is 2.50. The monoisotopic (exact) mass is 238 g/mol. The van der Waals surface area contributed by atoms with Crippen molar-refractivity contribution in [1.29, 1.82) is 0 Å². The number of aryl methyl sites for hydroxylation is 2. The topological polar surface area (TPSA) is 26.3 Å². The number of rotatable bonds is 0. The van der Waals surface area contributed by atoms with Crippen molar-refractivity contribution in [2.24, 2.45) is 0 Å². The van der Waals surface area contributed by atoms with Crippen molar-refractivity contribution in [1.82, 2.24) is 0 Å². The smallest absolute Gasteiger partial charge is 0.344 e. The minimum Gasteiger partial charge on any atom is -0.423 e. The first-order chi connectivity index (χ1) is 8.66. The third-order valence-corrected chi connectivity index (χ3v) is 3.50. The van der Waals surface area contributed by atoms with Crippen LogP contribution < -0.4 is 4.74 Å². The summed E-state index contributed by atoms with van der Waals surface area (Å²) in [5.74, 6) is 0.439. The van der Waals surface area contributed by atoms with E-state index in [1.807, 2.05) is 44.2 Å². The van der Waals surface area contributed by atoms with Crippen LogP contribution in [0.5, 0.6) is 5.75 Å². The van der Waals surface area contributed by atoms with Gasteiger partial charge >= 0.3 is 5.97 Å². The van der Waals surface area contributed by atoms with Crippen LogP contribution in [0.2, 0.25) is 0 Å². The van der Waals surface area contributed by atoms with Gasteiger partial charge in [0.25, 0.3) is 0 Å². The van der Waals surface area contributed by atoms with E-state index in [1.165, 1.54) is 0 Å². The van der Waals surface area contributed by atoms with Gasteiger partial charge in [0.1, 0.15) is 5.75 Å². The normalized spacial score (nSPS) is 13.3. The highest BCUT2D eigenvalue weighted by atomic mass is 16.5. The van der Waals surface area contributed by atoms with Crippen molar-refractivity contribution in [3.63, 3.8) is 0 Å². The summed E-state index contributed by atoms with van der Waals surface area (Å²) in [5, 5.41) is 0. The van der Waals surface area contributed by atoms with E-state index in [4.69, 9.17) is 4.74 Å². The molecule has 1 aliphatic heterocycles. The van der Waals surface area contributed by atoms with E-state index in [2.05, 4.69) is 6.07 Å². The van der Waals surface area contributed by atoms with Crippen LogP contribution >= 0.6 is 0 Å².